The summed E-state index contributed by atoms with van der Waals surface area (Å²) in [4.78, 5) is 24.7. The van der Waals surface area contributed by atoms with Crippen LogP contribution in [0.2, 0.25) is 0 Å². The van der Waals surface area contributed by atoms with E-state index in [1.807, 2.05) is 57.3 Å². The maximum Gasteiger partial charge on any atom is 0.326 e. The van der Waals surface area contributed by atoms with E-state index in [4.69, 9.17) is 14.6 Å². The number of benzene rings is 2. The molecule has 3 aromatic heterocycles. The molecule has 2 saturated heterocycles. The van der Waals surface area contributed by atoms with Gasteiger partial charge in [0.25, 0.3) is 0 Å². The van der Waals surface area contributed by atoms with Gasteiger partial charge in [-0.25, -0.2) is 18.7 Å². The predicted octanol–water partition coefficient (Wildman–Crippen LogP) is 3.71. The number of hydrogen-bond donors (Lipinski definition) is 2. The molecule has 5 aromatic rings. The molecule has 0 amide bonds. The molecular weight excluding hydrogens is 553 g/mol. The minimum Gasteiger partial charge on any atom is -0.377 e. The predicted molar refractivity (Wildman–Crippen MR) is 159 cm³/mol. The van der Waals surface area contributed by atoms with Gasteiger partial charge in [-0.2, -0.15) is 0 Å². The summed E-state index contributed by atoms with van der Waals surface area (Å²) < 4.78 is 28.8. The highest BCUT2D eigenvalue weighted by molar-refractivity contribution is 5.82. The molecule has 224 valence electrons. The number of morpholine rings is 1. The van der Waals surface area contributed by atoms with Crippen LogP contribution in [-0.2, 0) is 9.47 Å². The molecule has 2 unspecified atom stereocenters. The van der Waals surface area contributed by atoms with E-state index in [0.717, 1.165) is 46.5 Å². The average molecular weight is 588 g/mol. The lowest BCUT2D eigenvalue weighted by molar-refractivity contribution is -0.196. The quantitative estimate of drug-likeness (QED) is 0.277. The zero-order valence-corrected chi connectivity index (χ0v) is 23.9. The third-order valence-electron chi connectivity index (χ3n) is 8.51. The normalized spacial score (nSPS) is 19.4. The van der Waals surface area contributed by atoms with Gasteiger partial charge in [-0.05, 0) is 61.7 Å². The number of aliphatic hydroxyl groups excluding tert-OH is 1. The van der Waals surface area contributed by atoms with Crippen molar-refractivity contribution in [1.29, 1.82) is 0 Å². The summed E-state index contributed by atoms with van der Waals surface area (Å²) in [6.07, 6.45) is 2.34. The van der Waals surface area contributed by atoms with Gasteiger partial charge in [0.1, 0.15) is 11.6 Å². The number of fused-ring (bicyclic) bond motifs is 2. The molecule has 43 heavy (non-hydrogen) atoms. The number of ether oxygens (including phenoxy) is 2. The van der Waals surface area contributed by atoms with Gasteiger partial charge in [0.15, 0.2) is 5.65 Å². The molecular formula is C31H34FN7O4. The largest absolute Gasteiger partial charge is 0.377 e. The van der Waals surface area contributed by atoms with Crippen molar-refractivity contribution in [3.8, 4) is 11.3 Å². The lowest BCUT2D eigenvalue weighted by atomic mass is 10.0. The third kappa shape index (κ3) is 5.20. The van der Waals surface area contributed by atoms with E-state index in [0.29, 0.717) is 45.1 Å². The van der Waals surface area contributed by atoms with Crippen LogP contribution in [0.25, 0.3) is 27.9 Å². The van der Waals surface area contributed by atoms with Gasteiger partial charge >= 0.3 is 5.69 Å². The number of nitrogens with one attached hydrogen (secondary N) is 1. The molecule has 2 aliphatic rings. The number of likely N-dealkylation sites (tertiary alicyclic amines) is 1. The standard InChI is InChI=1S/C31H34FN7O4/c1-2-43-31(41)36-12-10-23(11-13-36)38-25-7-6-21(17-24(25)34-30(38)40)26-18-33-28-8-9-29(35-39(26)28)37-14-15-42-19-27(37)20-4-3-5-22(32)16-20/h3-9,16-18,23,27,31,41H,2,10-15,19H2,1H3,(H,34,40). The summed E-state index contributed by atoms with van der Waals surface area (Å²) in [5.41, 5.74) is 4.63. The number of anilines is 1. The van der Waals surface area contributed by atoms with Gasteiger partial charge in [-0.3, -0.25) is 9.47 Å². The van der Waals surface area contributed by atoms with Crippen molar-refractivity contribution in [3.63, 3.8) is 0 Å². The Balaban J connectivity index is 1.18. The first kappa shape index (κ1) is 27.7. The molecule has 0 aliphatic carbocycles. The fraction of sp³-hybridized carbons (Fsp3) is 0.387. The highest BCUT2D eigenvalue weighted by Crippen LogP contribution is 2.32. The summed E-state index contributed by atoms with van der Waals surface area (Å²) >= 11 is 0. The summed E-state index contributed by atoms with van der Waals surface area (Å²) in [5, 5.41) is 15.1. The molecule has 2 aliphatic heterocycles. The van der Waals surface area contributed by atoms with E-state index in [2.05, 4.69) is 14.9 Å². The monoisotopic (exact) mass is 587 g/mol. The number of aliphatic hydroxyl groups is 1. The number of halogens is 1. The Hall–Kier alpha value is -4.10. The van der Waals surface area contributed by atoms with Crippen LogP contribution in [0, 0.1) is 5.82 Å². The first-order chi connectivity index (χ1) is 21.0. The molecule has 12 heteroatoms. The van der Waals surface area contributed by atoms with Gasteiger partial charge < -0.3 is 24.5 Å². The van der Waals surface area contributed by atoms with Crippen molar-refractivity contribution in [2.45, 2.75) is 38.3 Å². The summed E-state index contributed by atoms with van der Waals surface area (Å²) in [6.45, 7) is 5.18. The van der Waals surface area contributed by atoms with Crippen LogP contribution in [0.5, 0.6) is 0 Å². The zero-order chi connectivity index (χ0) is 29.5. The summed E-state index contributed by atoms with van der Waals surface area (Å²) in [5.74, 6) is 0.460. The molecule has 7 rings (SSSR count). The Labute approximate surface area is 247 Å². The summed E-state index contributed by atoms with van der Waals surface area (Å²) in [7, 11) is 0. The van der Waals surface area contributed by atoms with Crippen molar-refractivity contribution in [2.24, 2.45) is 0 Å². The Morgan fingerprint density at radius 1 is 1.14 bits per heavy atom. The average Bonchev–Trinajstić information content (AvgIpc) is 3.60. The molecule has 2 atom stereocenters. The molecule has 0 bridgehead atoms. The number of rotatable bonds is 7. The third-order valence-corrected chi connectivity index (χ3v) is 8.51. The Morgan fingerprint density at radius 3 is 2.81 bits per heavy atom. The number of aromatic amines is 1. The van der Waals surface area contributed by atoms with Crippen molar-refractivity contribution < 1.29 is 19.0 Å². The molecule has 5 heterocycles. The first-order valence-corrected chi connectivity index (χ1v) is 14.7. The molecule has 2 N–H and O–H groups in total. The summed E-state index contributed by atoms with van der Waals surface area (Å²) in [6, 6.07) is 16.2. The number of aromatic nitrogens is 5. The molecule has 11 nitrogen and oxygen atoms in total. The SMILES string of the molecule is CCOC(O)N1CCC(n2c(=O)[nH]c3cc(-c4cnc5ccc(N6CCOCC6c6cccc(F)c6)nn45)ccc32)CC1. The van der Waals surface area contributed by atoms with Crippen molar-refractivity contribution >= 4 is 22.5 Å². The van der Waals surface area contributed by atoms with E-state index in [9.17, 15) is 14.3 Å². The maximum absolute atomic E-state index is 14.0. The lowest BCUT2D eigenvalue weighted by Crippen LogP contribution is -2.44. The van der Waals surface area contributed by atoms with Crippen LogP contribution in [0.3, 0.4) is 0 Å². The fourth-order valence-corrected chi connectivity index (χ4v) is 6.35. The van der Waals surface area contributed by atoms with E-state index in [1.54, 1.807) is 18.3 Å². The van der Waals surface area contributed by atoms with Crippen LogP contribution in [-0.4, -0.2) is 80.0 Å². The van der Waals surface area contributed by atoms with Crippen LogP contribution in [0.15, 0.2) is 65.6 Å². The van der Waals surface area contributed by atoms with Crippen molar-refractivity contribution in [2.75, 3.05) is 44.4 Å². The highest BCUT2D eigenvalue weighted by atomic mass is 19.1. The molecule has 0 spiro atoms. The van der Waals surface area contributed by atoms with Gasteiger partial charge in [0.05, 0.1) is 42.2 Å². The van der Waals surface area contributed by atoms with Crippen LogP contribution < -0.4 is 10.6 Å². The number of hydrogen-bond acceptors (Lipinski definition) is 8. The van der Waals surface area contributed by atoms with E-state index in [1.165, 1.54) is 6.07 Å². The topological polar surface area (TPSA) is 113 Å². The maximum atomic E-state index is 14.0. The molecule has 2 fully saturated rings. The number of piperidine rings is 1. The Kier molecular flexibility index (Phi) is 7.43. The van der Waals surface area contributed by atoms with Gasteiger partial charge in [0.2, 0.25) is 6.41 Å². The molecule has 0 radical (unpaired) electrons. The van der Waals surface area contributed by atoms with Gasteiger partial charge in [-0.15, -0.1) is 5.10 Å². The first-order valence-electron chi connectivity index (χ1n) is 14.7. The second kappa shape index (κ2) is 11.5. The second-order valence-electron chi connectivity index (χ2n) is 11.0. The zero-order valence-electron chi connectivity index (χ0n) is 23.9. The number of H-pyrrole nitrogens is 1. The Bertz CT molecular complexity index is 1810. The smallest absolute Gasteiger partial charge is 0.326 e. The molecule has 0 saturated carbocycles. The van der Waals surface area contributed by atoms with Crippen LogP contribution in [0.1, 0.15) is 37.4 Å². The minimum absolute atomic E-state index is 0.0248. The van der Waals surface area contributed by atoms with E-state index < -0.39 is 6.41 Å². The molecule has 2 aromatic carbocycles. The van der Waals surface area contributed by atoms with Crippen molar-refractivity contribution in [1.82, 2.24) is 29.0 Å². The van der Waals surface area contributed by atoms with Crippen LogP contribution >= 0.6 is 0 Å². The minimum atomic E-state index is -0.914. The van der Waals surface area contributed by atoms with Crippen LogP contribution in [0.4, 0.5) is 10.2 Å². The van der Waals surface area contributed by atoms with E-state index in [-0.39, 0.29) is 23.6 Å². The van der Waals surface area contributed by atoms with E-state index >= 15 is 0 Å². The lowest BCUT2D eigenvalue weighted by Gasteiger charge is -2.36. The second-order valence-corrected chi connectivity index (χ2v) is 11.0. The number of nitrogens with zero attached hydrogens (tertiary/aromatic N) is 6. The van der Waals surface area contributed by atoms with Gasteiger partial charge in [-0.1, -0.05) is 18.2 Å². The van der Waals surface area contributed by atoms with Crippen molar-refractivity contribution in [3.05, 3.63) is 82.7 Å². The van der Waals surface area contributed by atoms with Gasteiger partial charge in [0, 0.05) is 37.8 Å². The number of imidazole rings is 2. The highest BCUT2D eigenvalue weighted by Gasteiger charge is 2.28. The Morgan fingerprint density at radius 2 is 2.00 bits per heavy atom. The fourth-order valence-electron chi connectivity index (χ4n) is 6.35.